The fraction of sp³-hybridized carbons (Fsp3) is 0.211. The molecule has 0 aliphatic carbocycles. The molecule has 1 N–H and O–H groups in total. The molecule has 0 aliphatic heterocycles. The predicted octanol–water partition coefficient (Wildman–Crippen LogP) is 2.54. The SMILES string of the molecule is CC(=O)c1cccc(S(=O)(=O)NC(=O)C(C)(C)c2cccc(C#N)c2)c1. The van der Waals surface area contributed by atoms with Gasteiger partial charge in [-0.3, -0.25) is 9.59 Å². The third kappa shape index (κ3) is 3.98. The van der Waals surface area contributed by atoms with E-state index in [1.165, 1.54) is 31.2 Å². The van der Waals surface area contributed by atoms with Crippen LogP contribution in [0.3, 0.4) is 0 Å². The topological polar surface area (TPSA) is 104 Å². The first-order valence-corrected chi connectivity index (χ1v) is 9.25. The molecule has 2 rings (SSSR count). The number of carbonyl (C=O) groups is 2. The highest BCUT2D eigenvalue weighted by atomic mass is 32.2. The van der Waals surface area contributed by atoms with Gasteiger partial charge >= 0.3 is 0 Å². The Morgan fingerprint density at radius 3 is 2.35 bits per heavy atom. The maximum Gasteiger partial charge on any atom is 0.264 e. The Labute approximate surface area is 152 Å². The summed E-state index contributed by atoms with van der Waals surface area (Å²) in [5.74, 6) is -1.01. The lowest BCUT2D eigenvalue weighted by molar-refractivity contribution is -0.123. The van der Waals surface area contributed by atoms with Crippen LogP contribution >= 0.6 is 0 Å². The summed E-state index contributed by atoms with van der Waals surface area (Å²) in [6.07, 6.45) is 0. The van der Waals surface area contributed by atoms with Crippen LogP contribution in [-0.2, 0) is 20.2 Å². The zero-order valence-corrected chi connectivity index (χ0v) is 15.4. The summed E-state index contributed by atoms with van der Waals surface area (Å²) < 4.78 is 27.1. The number of sulfonamides is 1. The third-order valence-corrected chi connectivity index (χ3v) is 5.39. The highest BCUT2D eigenvalue weighted by Crippen LogP contribution is 2.25. The Balaban J connectivity index is 2.34. The summed E-state index contributed by atoms with van der Waals surface area (Å²) in [5.41, 5.74) is -0.0542. The second-order valence-electron chi connectivity index (χ2n) is 6.34. The molecule has 0 atom stereocenters. The van der Waals surface area contributed by atoms with E-state index in [0.29, 0.717) is 11.1 Å². The number of hydrogen-bond donors (Lipinski definition) is 1. The van der Waals surface area contributed by atoms with E-state index in [4.69, 9.17) is 5.26 Å². The lowest BCUT2D eigenvalue weighted by Gasteiger charge is -2.24. The second-order valence-corrected chi connectivity index (χ2v) is 8.02. The van der Waals surface area contributed by atoms with Crippen LogP contribution in [0.25, 0.3) is 0 Å². The van der Waals surface area contributed by atoms with Gasteiger partial charge in [-0.15, -0.1) is 0 Å². The quantitative estimate of drug-likeness (QED) is 0.815. The molecule has 0 spiro atoms. The van der Waals surface area contributed by atoms with Crippen molar-refractivity contribution in [3.63, 3.8) is 0 Å². The summed E-state index contributed by atoms with van der Waals surface area (Å²) in [6.45, 7) is 4.47. The van der Waals surface area contributed by atoms with E-state index in [-0.39, 0.29) is 16.2 Å². The number of nitriles is 1. The molecule has 134 valence electrons. The van der Waals surface area contributed by atoms with E-state index >= 15 is 0 Å². The molecule has 0 aromatic heterocycles. The van der Waals surface area contributed by atoms with Gasteiger partial charge in [0.15, 0.2) is 5.78 Å². The standard InChI is InChI=1S/C19H18N2O4S/c1-13(22)15-7-5-9-17(11-15)26(24,25)21-18(23)19(2,3)16-8-4-6-14(10-16)12-20/h4-11H,1-3H3,(H,21,23). The van der Waals surface area contributed by atoms with Crippen LogP contribution in [0.2, 0.25) is 0 Å². The highest BCUT2D eigenvalue weighted by Gasteiger charge is 2.33. The van der Waals surface area contributed by atoms with Gasteiger partial charge in [0.25, 0.3) is 10.0 Å². The molecule has 0 aliphatic rings. The van der Waals surface area contributed by atoms with Crippen LogP contribution < -0.4 is 4.72 Å². The van der Waals surface area contributed by atoms with Gasteiger partial charge in [-0.25, -0.2) is 13.1 Å². The van der Waals surface area contributed by atoms with Crippen molar-refractivity contribution in [3.05, 3.63) is 65.2 Å². The van der Waals surface area contributed by atoms with Crippen molar-refractivity contribution in [3.8, 4) is 6.07 Å². The van der Waals surface area contributed by atoms with E-state index in [0.717, 1.165) is 0 Å². The molecular weight excluding hydrogens is 352 g/mol. The molecule has 0 heterocycles. The van der Waals surface area contributed by atoms with E-state index in [9.17, 15) is 18.0 Å². The Bertz CT molecular complexity index is 1020. The minimum Gasteiger partial charge on any atom is -0.295 e. The Kier molecular flexibility index (Phi) is 5.28. The first kappa shape index (κ1) is 19.3. The lowest BCUT2D eigenvalue weighted by atomic mass is 9.83. The summed E-state index contributed by atoms with van der Waals surface area (Å²) in [6, 6.07) is 13.9. The number of amides is 1. The van der Waals surface area contributed by atoms with E-state index in [2.05, 4.69) is 4.72 Å². The number of carbonyl (C=O) groups excluding carboxylic acids is 2. The Morgan fingerprint density at radius 1 is 1.08 bits per heavy atom. The van der Waals surface area contributed by atoms with Gasteiger partial charge in [0.05, 0.1) is 21.9 Å². The summed E-state index contributed by atoms with van der Waals surface area (Å²) in [4.78, 5) is 23.9. The number of nitrogens with one attached hydrogen (secondary N) is 1. The van der Waals surface area contributed by atoms with Gasteiger partial charge in [0.2, 0.25) is 5.91 Å². The average molecular weight is 370 g/mol. The third-order valence-electron chi connectivity index (χ3n) is 4.06. The smallest absolute Gasteiger partial charge is 0.264 e. The van der Waals surface area contributed by atoms with E-state index < -0.39 is 21.3 Å². The highest BCUT2D eigenvalue weighted by molar-refractivity contribution is 7.90. The predicted molar refractivity (Wildman–Crippen MR) is 96.0 cm³/mol. The summed E-state index contributed by atoms with van der Waals surface area (Å²) in [5, 5.41) is 9.00. The minimum atomic E-state index is -4.14. The van der Waals surface area contributed by atoms with Gasteiger partial charge in [-0.1, -0.05) is 24.3 Å². The van der Waals surface area contributed by atoms with Crippen LogP contribution in [0.4, 0.5) is 0 Å². The molecular formula is C19H18N2O4S. The van der Waals surface area contributed by atoms with Crippen molar-refractivity contribution in [2.24, 2.45) is 0 Å². The largest absolute Gasteiger partial charge is 0.295 e. The van der Waals surface area contributed by atoms with Crippen LogP contribution in [0, 0.1) is 11.3 Å². The fourth-order valence-corrected chi connectivity index (χ4v) is 3.46. The summed E-state index contributed by atoms with van der Waals surface area (Å²) >= 11 is 0. The van der Waals surface area contributed by atoms with Gasteiger partial charge in [0, 0.05) is 5.56 Å². The number of benzene rings is 2. The molecule has 2 aromatic rings. The molecule has 0 saturated carbocycles. The van der Waals surface area contributed by atoms with Crippen LogP contribution in [0.5, 0.6) is 0 Å². The zero-order valence-electron chi connectivity index (χ0n) is 14.6. The van der Waals surface area contributed by atoms with Crippen LogP contribution in [-0.4, -0.2) is 20.1 Å². The van der Waals surface area contributed by atoms with Crippen LogP contribution in [0.1, 0.15) is 42.3 Å². The monoisotopic (exact) mass is 370 g/mol. The van der Waals surface area contributed by atoms with E-state index in [1.54, 1.807) is 38.1 Å². The molecule has 0 fully saturated rings. The molecule has 6 nitrogen and oxygen atoms in total. The van der Waals surface area contributed by atoms with Crippen molar-refractivity contribution >= 4 is 21.7 Å². The van der Waals surface area contributed by atoms with Crippen molar-refractivity contribution < 1.29 is 18.0 Å². The molecule has 7 heteroatoms. The molecule has 0 saturated heterocycles. The maximum absolute atomic E-state index is 12.6. The number of hydrogen-bond acceptors (Lipinski definition) is 5. The second kappa shape index (κ2) is 7.10. The van der Waals surface area contributed by atoms with Gasteiger partial charge in [0.1, 0.15) is 0 Å². The number of rotatable bonds is 5. The first-order chi connectivity index (χ1) is 12.1. The van der Waals surface area contributed by atoms with Crippen molar-refractivity contribution in [2.75, 3.05) is 0 Å². The van der Waals surface area contributed by atoms with Gasteiger partial charge in [-0.05, 0) is 50.6 Å². The average Bonchev–Trinajstić information content (AvgIpc) is 2.61. The number of ketones is 1. The van der Waals surface area contributed by atoms with Gasteiger partial charge in [-0.2, -0.15) is 5.26 Å². The normalized spacial score (nSPS) is 11.5. The molecule has 2 aromatic carbocycles. The Hall–Kier alpha value is -2.98. The van der Waals surface area contributed by atoms with Crippen molar-refractivity contribution in [1.82, 2.24) is 4.72 Å². The zero-order chi connectivity index (χ0) is 19.5. The minimum absolute atomic E-state index is 0.167. The summed E-state index contributed by atoms with van der Waals surface area (Å²) in [7, 11) is -4.14. The Morgan fingerprint density at radius 2 is 1.73 bits per heavy atom. The van der Waals surface area contributed by atoms with Crippen LogP contribution in [0.15, 0.2) is 53.4 Å². The fourth-order valence-electron chi connectivity index (χ4n) is 2.30. The molecule has 1 amide bonds. The molecule has 0 radical (unpaired) electrons. The number of nitrogens with zero attached hydrogens (tertiary/aromatic N) is 1. The maximum atomic E-state index is 12.6. The van der Waals surface area contributed by atoms with Crippen molar-refractivity contribution in [1.29, 1.82) is 5.26 Å². The van der Waals surface area contributed by atoms with Crippen molar-refractivity contribution in [2.45, 2.75) is 31.1 Å². The molecule has 0 unspecified atom stereocenters. The lowest BCUT2D eigenvalue weighted by Crippen LogP contribution is -2.43. The molecule has 26 heavy (non-hydrogen) atoms. The van der Waals surface area contributed by atoms with Gasteiger partial charge < -0.3 is 0 Å². The molecule has 0 bridgehead atoms. The first-order valence-electron chi connectivity index (χ1n) is 7.77. The number of Topliss-reactive ketones (excluding diaryl/α,β-unsaturated/α-hetero) is 1. The van der Waals surface area contributed by atoms with E-state index in [1.807, 2.05) is 6.07 Å².